The molecule has 0 aliphatic carbocycles. The predicted molar refractivity (Wildman–Crippen MR) is 87.6 cm³/mol. The molecule has 6 heteroatoms. The largest absolute Gasteiger partial charge is 0.363 e. The summed E-state index contributed by atoms with van der Waals surface area (Å²) in [6.07, 6.45) is 1.94. The van der Waals surface area contributed by atoms with E-state index in [9.17, 15) is 0 Å². The van der Waals surface area contributed by atoms with E-state index in [2.05, 4.69) is 22.0 Å². The van der Waals surface area contributed by atoms with Crippen LogP contribution in [0.15, 0.2) is 24.3 Å². The monoisotopic (exact) mass is 341 g/mol. The summed E-state index contributed by atoms with van der Waals surface area (Å²) >= 11 is 18.7. The van der Waals surface area contributed by atoms with Crippen molar-refractivity contribution in [2.24, 2.45) is 0 Å². The van der Waals surface area contributed by atoms with Gasteiger partial charge in [-0.2, -0.15) is 5.10 Å². The van der Waals surface area contributed by atoms with Gasteiger partial charge in [-0.3, -0.25) is 0 Å². The third-order valence-corrected chi connectivity index (χ3v) is 4.67. The number of rotatable bonds is 2. The molecular weight excluding hydrogens is 329 g/mol. The van der Waals surface area contributed by atoms with Gasteiger partial charge in [0.05, 0.1) is 17.4 Å². The highest BCUT2D eigenvalue weighted by atomic mass is 35.5. The summed E-state index contributed by atoms with van der Waals surface area (Å²) in [6, 6.07) is 7.49. The molecule has 0 spiro atoms. The fraction of sp³-hybridized carbons (Fsp3) is 0.333. The van der Waals surface area contributed by atoms with E-state index in [4.69, 9.17) is 34.8 Å². The molecule has 2 aromatic rings. The molecule has 0 amide bonds. The number of anilines is 1. The lowest BCUT2D eigenvalue weighted by molar-refractivity contribution is 0.602. The van der Waals surface area contributed by atoms with Crippen LogP contribution in [0.4, 0.5) is 5.69 Å². The fourth-order valence-corrected chi connectivity index (χ4v) is 3.67. The van der Waals surface area contributed by atoms with Gasteiger partial charge in [0.15, 0.2) is 5.15 Å². The minimum atomic E-state index is 0.0468. The Balaban J connectivity index is 2.04. The Morgan fingerprint density at radius 2 is 1.86 bits per heavy atom. The standard InChI is InChI=1S/C15H14Cl3N3/c1-9(15-10(16)4-2-5-11(15)17)21-7-3-6-12-13(21)8-14(18)20-19-12/h2,4-5,8-9H,3,6-7H2,1H3. The van der Waals surface area contributed by atoms with Crippen molar-refractivity contribution in [3.8, 4) is 0 Å². The molecule has 1 aromatic heterocycles. The van der Waals surface area contributed by atoms with Crippen molar-refractivity contribution in [2.45, 2.75) is 25.8 Å². The average molecular weight is 343 g/mol. The molecule has 1 atom stereocenters. The van der Waals surface area contributed by atoms with Gasteiger partial charge in [0, 0.05) is 28.2 Å². The summed E-state index contributed by atoms with van der Waals surface area (Å²) in [7, 11) is 0. The fourth-order valence-electron chi connectivity index (χ4n) is 2.82. The third kappa shape index (κ3) is 2.83. The molecule has 2 heterocycles. The first-order valence-electron chi connectivity index (χ1n) is 6.80. The van der Waals surface area contributed by atoms with E-state index in [-0.39, 0.29) is 6.04 Å². The van der Waals surface area contributed by atoms with Crippen LogP contribution in [0.1, 0.15) is 30.6 Å². The Labute approximate surface area is 138 Å². The number of aryl methyl sites for hydroxylation is 1. The quantitative estimate of drug-likeness (QED) is 0.773. The second kappa shape index (κ2) is 5.99. The van der Waals surface area contributed by atoms with E-state index >= 15 is 0 Å². The molecular formula is C15H14Cl3N3. The molecule has 0 saturated heterocycles. The van der Waals surface area contributed by atoms with Crippen LogP contribution in [0, 0.1) is 0 Å². The van der Waals surface area contributed by atoms with Crippen molar-refractivity contribution >= 4 is 40.5 Å². The lowest BCUT2D eigenvalue weighted by Gasteiger charge is -2.36. The van der Waals surface area contributed by atoms with Crippen LogP contribution in [0.3, 0.4) is 0 Å². The lowest BCUT2D eigenvalue weighted by Crippen LogP contribution is -2.33. The normalized spacial score (nSPS) is 15.7. The van der Waals surface area contributed by atoms with Crippen LogP contribution >= 0.6 is 34.8 Å². The number of aromatic nitrogens is 2. The van der Waals surface area contributed by atoms with E-state index in [0.29, 0.717) is 15.2 Å². The molecule has 0 saturated carbocycles. The molecule has 21 heavy (non-hydrogen) atoms. The summed E-state index contributed by atoms with van der Waals surface area (Å²) in [5.41, 5.74) is 2.92. The topological polar surface area (TPSA) is 29.0 Å². The van der Waals surface area contributed by atoms with Crippen LogP contribution in [0.2, 0.25) is 15.2 Å². The maximum absolute atomic E-state index is 6.34. The number of hydrogen-bond donors (Lipinski definition) is 0. The van der Waals surface area contributed by atoms with Crippen LogP contribution in [0.5, 0.6) is 0 Å². The molecule has 110 valence electrons. The summed E-state index contributed by atoms with van der Waals surface area (Å²) in [5, 5.41) is 9.88. The minimum Gasteiger partial charge on any atom is -0.363 e. The van der Waals surface area contributed by atoms with E-state index in [0.717, 1.165) is 36.3 Å². The highest BCUT2D eigenvalue weighted by Gasteiger charge is 2.26. The average Bonchev–Trinajstić information content (AvgIpc) is 2.46. The van der Waals surface area contributed by atoms with Crippen molar-refractivity contribution in [2.75, 3.05) is 11.4 Å². The van der Waals surface area contributed by atoms with Crippen molar-refractivity contribution in [1.82, 2.24) is 10.2 Å². The van der Waals surface area contributed by atoms with Gasteiger partial charge in [0.25, 0.3) is 0 Å². The summed E-state index contributed by atoms with van der Waals surface area (Å²) in [4.78, 5) is 2.24. The second-order valence-electron chi connectivity index (χ2n) is 5.11. The van der Waals surface area contributed by atoms with Crippen LogP contribution in [-0.4, -0.2) is 16.7 Å². The summed E-state index contributed by atoms with van der Waals surface area (Å²) in [6.45, 7) is 3.01. The first-order valence-corrected chi connectivity index (χ1v) is 7.94. The van der Waals surface area contributed by atoms with Gasteiger partial charge in [-0.25, -0.2) is 0 Å². The molecule has 3 nitrogen and oxygen atoms in total. The van der Waals surface area contributed by atoms with Gasteiger partial charge in [-0.05, 0) is 31.9 Å². The Morgan fingerprint density at radius 3 is 2.57 bits per heavy atom. The van der Waals surface area contributed by atoms with E-state index < -0.39 is 0 Å². The predicted octanol–water partition coefficient (Wildman–Crippen LogP) is 4.95. The molecule has 3 rings (SSSR count). The Hall–Kier alpha value is -1.03. The second-order valence-corrected chi connectivity index (χ2v) is 6.31. The summed E-state index contributed by atoms with van der Waals surface area (Å²) in [5.74, 6) is 0. The first kappa shape index (κ1) is 14.9. The smallest absolute Gasteiger partial charge is 0.153 e. The molecule has 0 radical (unpaired) electrons. The molecule has 0 bridgehead atoms. The molecule has 0 N–H and O–H groups in total. The highest BCUT2D eigenvalue weighted by molar-refractivity contribution is 6.36. The molecule has 1 aliphatic rings. The maximum atomic E-state index is 6.34. The van der Waals surface area contributed by atoms with E-state index in [1.165, 1.54) is 0 Å². The Morgan fingerprint density at radius 1 is 1.14 bits per heavy atom. The zero-order valence-corrected chi connectivity index (χ0v) is 13.8. The lowest BCUT2D eigenvalue weighted by atomic mass is 10.0. The van der Waals surface area contributed by atoms with Gasteiger partial charge < -0.3 is 4.90 Å². The zero-order valence-electron chi connectivity index (χ0n) is 11.5. The third-order valence-electron chi connectivity index (χ3n) is 3.82. The van der Waals surface area contributed by atoms with Crippen molar-refractivity contribution in [3.63, 3.8) is 0 Å². The molecule has 1 aromatic carbocycles. The van der Waals surface area contributed by atoms with Crippen molar-refractivity contribution in [3.05, 3.63) is 50.7 Å². The van der Waals surface area contributed by atoms with Gasteiger partial charge >= 0.3 is 0 Å². The number of benzene rings is 1. The number of halogens is 3. The molecule has 1 aliphatic heterocycles. The summed E-state index contributed by atoms with van der Waals surface area (Å²) < 4.78 is 0. The number of hydrogen-bond acceptors (Lipinski definition) is 3. The van der Waals surface area contributed by atoms with Crippen LogP contribution in [-0.2, 0) is 6.42 Å². The first-order chi connectivity index (χ1) is 10.1. The SMILES string of the molecule is CC(c1c(Cl)cccc1Cl)N1CCCc2nnc(Cl)cc21. The van der Waals surface area contributed by atoms with Crippen molar-refractivity contribution < 1.29 is 0 Å². The number of fused-ring (bicyclic) bond motifs is 1. The molecule has 1 unspecified atom stereocenters. The van der Waals surface area contributed by atoms with E-state index in [1.54, 1.807) is 0 Å². The van der Waals surface area contributed by atoms with Gasteiger partial charge in [0.2, 0.25) is 0 Å². The van der Waals surface area contributed by atoms with Gasteiger partial charge in [-0.1, -0.05) is 40.9 Å². The van der Waals surface area contributed by atoms with Crippen molar-refractivity contribution in [1.29, 1.82) is 0 Å². The number of nitrogens with zero attached hydrogens (tertiary/aromatic N) is 3. The van der Waals surface area contributed by atoms with Crippen LogP contribution < -0.4 is 4.90 Å². The van der Waals surface area contributed by atoms with Gasteiger partial charge in [-0.15, -0.1) is 5.10 Å². The van der Waals surface area contributed by atoms with Gasteiger partial charge in [0.1, 0.15) is 0 Å². The minimum absolute atomic E-state index is 0.0468. The Bertz CT molecular complexity index is 655. The van der Waals surface area contributed by atoms with E-state index in [1.807, 2.05) is 24.3 Å². The molecule has 0 fully saturated rings. The maximum Gasteiger partial charge on any atom is 0.153 e. The Kier molecular flexibility index (Phi) is 4.25. The van der Waals surface area contributed by atoms with Crippen LogP contribution in [0.25, 0.3) is 0 Å². The zero-order chi connectivity index (χ0) is 15.0. The highest BCUT2D eigenvalue weighted by Crippen LogP contribution is 2.38.